The third-order valence-electron chi connectivity index (χ3n) is 3.44. The van der Waals surface area contributed by atoms with E-state index in [1.54, 1.807) is 24.3 Å². The number of nitrogens with one attached hydrogen (secondary N) is 1. The van der Waals surface area contributed by atoms with Gasteiger partial charge < -0.3 is 11.1 Å². The number of hydrogen-bond acceptors (Lipinski definition) is 6. The normalized spacial score (nSPS) is 11.8. The largest absolute Gasteiger partial charge is 0.368 e. The summed E-state index contributed by atoms with van der Waals surface area (Å²) in [5.74, 6) is -1.98. The summed E-state index contributed by atoms with van der Waals surface area (Å²) in [6.07, 6.45) is 0. The van der Waals surface area contributed by atoms with Gasteiger partial charge >= 0.3 is 6.05 Å². The number of hydrogen-bond donors (Lipinski definition) is 2. The lowest BCUT2D eigenvalue weighted by atomic mass is 10.1. The average molecular weight is 427 g/mol. The minimum atomic E-state index is -3.83. The minimum Gasteiger partial charge on any atom is -0.368 e. The Labute approximate surface area is 167 Å². The van der Waals surface area contributed by atoms with Crippen LogP contribution in [0.2, 0.25) is 10.2 Å². The van der Waals surface area contributed by atoms with Gasteiger partial charge in [0.15, 0.2) is 16.7 Å². The molecule has 0 saturated carbocycles. The second-order valence-electron chi connectivity index (χ2n) is 5.43. The van der Waals surface area contributed by atoms with Gasteiger partial charge in [-0.05, 0) is 36.4 Å². The maximum Gasteiger partial charge on any atom is 0.354 e. The number of alkyl halides is 2. The molecule has 0 unspecified atom stereocenters. The summed E-state index contributed by atoms with van der Waals surface area (Å²) >= 11 is 11.8. The highest BCUT2D eigenvalue weighted by molar-refractivity contribution is 6.32. The zero-order valence-corrected chi connectivity index (χ0v) is 15.4. The van der Waals surface area contributed by atoms with Crippen LogP contribution in [-0.2, 0) is 6.05 Å². The van der Waals surface area contributed by atoms with Gasteiger partial charge in [0.25, 0.3) is 0 Å². The van der Waals surface area contributed by atoms with Crippen molar-refractivity contribution in [3.05, 3.63) is 70.1 Å². The molecule has 3 N–H and O–H groups in total. The van der Waals surface area contributed by atoms with E-state index in [2.05, 4.69) is 20.2 Å². The van der Waals surface area contributed by atoms with Crippen LogP contribution >= 0.6 is 23.2 Å². The van der Waals surface area contributed by atoms with Crippen molar-refractivity contribution in [1.29, 1.82) is 0 Å². The molecule has 0 aliphatic rings. The highest BCUT2D eigenvalue weighted by atomic mass is 35.5. The van der Waals surface area contributed by atoms with Crippen molar-refractivity contribution >= 4 is 46.3 Å². The number of benzene rings is 2. The van der Waals surface area contributed by atoms with E-state index in [9.17, 15) is 13.2 Å². The molecule has 0 aliphatic carbocycles. The molecule has 1 aromatic heterocycles. The number of anilines is 2. The van der Waals surface area contributed by atoms with Crippen LogP contribution in [0.5, 0.6) is 0 Å². The molecule has 11 heteroatoms. The second-order valence-corrected chi connectivity index (χ2v) is 6.22. The molecule has 0 saturated heterocycles. The molecule has 144 valence electrons. The summed E-state index contributed by atoms with van der Waals surface area (Å²) in [4.78, 5) is 7.37. The Morgan fingerprint density at radius 3 is 2.32 bits per heavy atom. The average Bonchev–Trinajstić information content (AvgIpc) is 2.62. The van der Waals surface area contributed by atoms with Gasteiger partial charge in [0.05, 0.1) is 11.3 Å². The maximum atomic E-state index is 14.6. The van der Waals surface area contributed by atoms with E-state index >= 15 is 0 Å². The molecule has 0 atom stereocenters. The van der Waals surface area contributed by atoms with Crippen LogP contribution < -0.4 is 11.1 Å². The summed E-state index contributed by atoms with van der Waals surface area (Å²) < 4.78 is 42.9. The highest BCUT2D eigenvalue weighted by Crippen LogP contribution is 2.38. The molecule has 6 nitrogen and oxygen atoms in total. The Bertz CT molecular complexity index is 1030. The van der Waals surface area contributed by atoms with Crippen LogP contribution in [0.3, 0.4) is 0 Å². The van der Waals surface area contributed by atoms with Crippen molar-refractivity contribution in [1.82, 2.24) is 9.97 Å². The van der Waals surface area contributed by atoms with Crippen molar-refractivity contribution in [3.63, 3.8) is 0 Å². The number of nitrogens with zero attached hydrogens (tertiary/aromatic N) is 4. The molecule has 1 heterocycles. The van der Waals surface area contributed by atoms with E-state index in [0.717, 1.165) is 12.1 Å². The lowest BCUT2D eigenvalue weighted by molar-refractivity contribution is 0.0243. The van der Waals surface area contributed by atoms with Crippen molar-refractivity contribution < 1.29 is 13.2 Å². The molecule has 0 radical (unpaired) electrons. The predicted octanol–water partition coefficient (Wildman–Crippen LogP) is 6.08. The summed E-state index contributed by atoms with van der Waals surface area (Å²) in [5, 5.41) is 9.70. The standard InChI is InChI=1S/C17H11Cl2F3N6/c18-9-5-7-10(8-6-9)27-28-13-14(19)24-16(23)25-15(13)26-17(21,22)11-3-1-2-4-12(11)20/h1-8H,(H3,23,24,25,26). The van der Waals surface area contributed by atoms with Gasteiger partial charge in [0, 0.05) is 5.02 Å². The maximum absolute atomic E-state index is 14.6. The Hall–Kier alpha value is -2.91. The van der Waals surface area contributed by atoms with Crippen LogP contribution in [0.1, 0.15) is 5.56 Å². The monoisotopic (exact) mass is 426 g/mol. The van der Waals surface area contributed by atoms with Gasteiger partial charge in [-0.3, -0.25) is 0 Å². The third kappa shape index (κ3) is 4.49. The van der Waals surface area contributed by atoms with Gasteiger partial charge in [-0.1, -0.05) is 35.3 Å². The molecule has 0 amide bonds. The summed E-state index contributed by atoms with van der Waals surface area (Å²) in [6, 6.07) is 6.83. The number of azo groups is 1. The first-order chi connectivity index (χ1) is 13.3. The molecule has 28 heavy (non-hydrogen) atoms. The number of rotatable bonds is 5. The Balaban J connectivity index is 1.99. The Kier molecular flexibility index (Phi) is 5.66. The molecule has 0 aliphatic heterocycles. The highest BCUT2D eigenvalue weighted by Gasteiger charge is 2.36. The van der Waals surface area contributed by atoms with Gasteiger partial charge in [-0.2, -0.15) is 23.9 Å². The first-order valence-electron chi connectivity index (χ1n) is 7.67. The van der Waals surface area contributed by atoms with E-state index in [4.69, 9.17) is 28.9 Å². The topological polar surface area (TPSA) is 88.5 Å². The van der Waals surface area contributed by atoms with E-state index in [1.165, 1.54) is 12.1 Å². The van der Waals surface area contributed by atoms with Crippen LogP contribution in [-0.4, -0.2) is 9.97 Å². The first-order valence-corrected chi connectivity index (χ1v) is 8.43. The SMILES string of the molecule is Nc1nc(Cl)c(N=Nc2ccc(Cl)cc2)c(NC(F)(F)c2ccccc2F)n1. The Morgan fingerprint density at radius 2 is 1.64 bits per heavy atom. The van der Waals surface area contributed by atoms with Crippen molar-refractivity contribution in [2.45, 2.75) is 6.05 Å². The molecular formula is C17H11Cl2F3N6. The van der Waals surface area contributed by atoms with Gasteiger partial charge in [-0.15, -0.1) is 5.11 Å². The van der Waals surface area contributed by atoms with Gasteiger partial charge in [-0.25, -0.2) is 4.39 Å². The van der Waals surface area contributed by atoms with Gasteiger partial charge in [0.2, 0.25) is 5.95 Å². The molecule has 0 spiro atoms. The quantitative estimate of drug-likeness (QED) is 0.293. The first kappa shape index (κ1) is 19.8. The lowest BCUT2D eigenvalue weighted by Gasteiger charge is -2.20. The summed E-state index contributed by atoms with van der Waals surface area (Å²) in [6.45, 7) is 0. The van der Waals surface area contributed by atoms with Crippen molar-refractivity contribution in [3.8, 4) is 0 Å². The fourth-order valence-corrected chi connectivity index (χ4v) is 2.51. The van der Waals surface area contributed by atoms with Crippen LogP contribution in [0.25, 0.3) is 0 Å². The number of nitrogens with two attached hydrogens (primary N) is 1. The summed E-state index contributed by atoms with van der Waals surface area (Å²) in [7, 11) is 0. The predicted molar refractivity (Wildman–Crippen MR) is 101 cm³/mol. The van der Waals surface area contributed by atoms with Gasteiger partial charge in [0.1, 0.15) is 5.82 Å². The molecule has 0 fully saturated rings. The minimum absolute atomic E-state index is 0.290. The molecular weight excluding hydrogens is 416 g/mol. The van der Waals surface area contributed by atoms with E-state index < -0.39 is 23.2 Å². The molecule has 3 aromatic rings. The fourth-order valence-electron chi connectivity index (χ4n) is 2.17. The van der Waals surface area contributed by atoms with E-state index in [1.807, 2.05) is 5.32 Å². The Morgan fingerprint density at radius 1 is 0.964 bits per heavy atom. The van der Waals surface area contributed by atoms with Crippen LogP contribution in [0.15, 0.2) is 58.8 Å². The smallest absolute Gasteiger partial charge is 0.354 e. The third-order valence-corrected chi connectivity index (χ3v) is 3.95. The van der Waals surface area contributed by atoms with E-state index in [-0.39, 0.29) is 16.8 Å². The van der Waals surface area contributed by atoms with Crippen LogP contribution in [0, 0.1) is 5.82 Å². The zero-order chi connectivity index (χ0) is 20.3. The molecule has 3 rings (SSSR count). The van der Waals surface area contributed by atoms with E-state index in [0.29, 0.717) is 10.7 Å². The second kappa shape index (κ2) is 7.99. The lowest BCUT2D eigenvalue weighted by Crippen LogP contribution is -2.27. The molecule has 0 bridgehead atoms. The molecule has 2 aromatic carbocycles. The zero-order valence-electron chi connectivity index (χ0n) is 13.9. The van der Waals surface area contributed by atoms with Crippen LogP contribution in [0.4, 0.5) is 36.3 Å². The fraction of sp³-hybridized carbons (Fsp3) is 0.0588. The van der Waals surface area contributed by atoms with Crippen molar-refractivity contribution in [2.24, 2.45) is 10.2 Å². The number of halogens is 5. The summed E-state index contributed by atoms with van der Waals surface area (Å²) in [5.41, 5.74) is 4.69. The van der Waals surface area contributed by atoms with Crippen molar-refractivity contribution in [2.75, 3.05) is 11.1 Å². The number of nitrogen functional groups attached to an aromatic ring is 1. The number of aromatic nitrogens is 2.